The van der Waals surface area contributed by atoms with E-state index in [1.807, 2.05) is 0 Å². The highest BCUT2D eigenvalue weighted by atomic mass is 19.1. The third-order valence-corrected chi connectivity index (χ3v) is 4.80. The van der Waals surface area contributed by atoms with E-state index in [1.165, 1.54) is 12.1 Å². The standard InChI is InChI=1S/C17H22FNO2/c18-14-7-5-13(6-8-14)17(9-1-2-10-17)16(20)19-12-15-4-3-11-21-15/h5-8,15H,1-4,9-12H2,(H,19,20). The molecule has 1 unspecified atom stereocenters. The molecule has 21 heavy (non-hydrogen) atoms. The summed E-state index contributed by atoms with van der Waals surface area (Å²) >= 11 is 0. The zero-order chi connectivity index (χ0) is 14.7. The van der Waals surface area contributed by atoms with E-state index in [0.29, 0.717) is 6.54 Å². The van der Waals surface area contributed by atoms with Gasteiger partial charge in [-0.25, -0.2) is 4.39 Å². The average molecular weight is 291 g/mol. The van der Waals surface area contributed by atoms with E-state index in [9.17, 15) is 9.18 Å². The van der Waals surface area contributed by atoms with Crippen molar-refractivity contribution in [1.82, 2.24) is 5.32 Å². The van der Waals surface area contributed by atoms with E-state index in [2.05, 4.69) is 5.32 Å². The number of halogens is 1. The van der Waals surface area contributed by atoms with Crippen molar-refractivity contribution >= 4 is 5.91 Å². The Hall–Kier alpha value is -1.42. The molecule has 1 aliphatic carbocycles. The van der Waals surface area contributed by atoms with Gasteiger partial charge in [0.15, 0.2) is 0 Å². The summed E-state index contributed by atoms with van der Waals surface area (Å²) in [6.07, 6.45) is 6.02. The van der Waals surface area contributed by atoms with Crippen molar-refractivity contribution in [2.45, 2.75) is 50.0 Å². The Morgan fingerprint density at radius 3 is 2.57 bits per heavy atom. The lowest BCUT2D eigenvalue weighted by Gasteiger charge is -2.29. The average Bonchev–Trinajstić information content (AvgIpc) is 3.17. The molecule has 1 saturated carbocycles. The van der Waals surface area contributed by atoms with Gasteiger partial charge in [-0.05, 0) is 43.4 Å². The molecule has 0 radical (unpaired) electrons. The van der Waals surface area contributed by atoms with Crippen LogP contribution in [0, 0.1) is 5.82 Å². The Morgan fingerprint density at radius 1 is 1.24 bits per heavy atom. The summed E-state index contributed by atoms with van der Waals surface area (Å²) in [6, 6.07) is 6.41. The Kier molecular flexibility index (Phi) is 4.24. The maximum atomic E-state index is 13.1. The van der Waals surface area contributed by atoms with E-state index in [-0.39, 0.29) is 17.8 Å². The van der Waals surface area contributed by atoms with Crippen molar-refractivity contribution in [1.29, 1.82) is 0 Å². The largest absolute Gasteiger partial charge is 0.376 e. The number of nitrogens with one attached hydrogen (secondary N) is 1. The van der Waals surface area contributed by atoms with Gasteiger partial charge in [0.1, 0.15) is 5.82 Å². The molecule has 0 spiro atoms. The molecule has 1 amide bonds. The second-order valence-corrected chi connectivity index (χ2v) is 6.14. The van der Waals surface area contributed by atoms with Gasteiger partial charge in [-0.15, -0.1) is 0 Å². The van der Waals surface area contributed by atoms with Crippen LogP contribution in [0.15, 0.2) is 24.3 Å². The van der Waals surface area contributed by atoms with Crippen molar-refractivity contribution in [2.24, 2.45) is 0 Å². The van der Waals surface area contributed by atoms with Gasteiger partial charge in [-0.3, -0.25) is 4.79 Å². The van der Waals surface area contributed by atoms with Crippen LogP contribution in [0.25, 0.3) is 0 Å². The maximum Gasteiger partial charge on any atom is 0.230 e. The van der Waals surface area contributed by atoms with Crippen LogP contribution in [0.4, 0.5) is 4.39 Å². The van der Waals surface area contributed by atoms with E-state index >= 15 is 0 Å². The summed E-state index contributed by atoms with van der Waals surface area (Å²) in [5.41, 5.74) is 0.456. The molecule has 1 N–H and O–H groups in total. The maximum absolute atomic E-state index is 13.1. The quantitative estimate of drug-likeness (QED) is 0.926. The Bertz CT molecular complexity index is 488. The van der Waals surface area contributed by atoms with Crippen molar-refractivity contribution in [2.75, 3.05) is 13.2 Å². The summed E-state index contributed by atoms with van der Waals surface area (Å²) in [5, 5.41) is 3.06. The number of hydrogen-bond acceptors (Lipinski definition) is 2. The minimum Gasteiger partial charge on any atom is -0.376 e. The number of carbonyl (C=O) groups is 1. The lowest BCUT2D eigenvalue weighted by molar-refractivity contribution is -0.127. The number of benzene rings is 1. The number of hydrogen-bond donors (Lipinski definition) is 1. The molecule has 3 nitrogen and oxygen atoms in total. The highest BCUT2D eigenvalue weighted by Crippen LogP contribution is 2.41. The third-order valence-electron chi connectivity index (χ3n) is 4.80. The van der Waals surface area contributed by atoms with Crippen LogP contribution in [0.2, 0.25) is 0 Å². The lowest BCUT2D eigenvalue weighted by Crippen LogP contribution is -2.45. The van der Waals surface area contributed by atoms with Crippen molar-refractivity contribution in [3.8, 4) is 0 Å². The molecule has 0 bridgehead atoms. The van der Waals surface area contributed by atoms with E-state index < -0.39 is 5.41 Å². The molecule has 1 aliphatic heterocycles. The summed E-state index contributed by atoms with van der Waals surface area (Å²) in [5.74, 6) is -0.186. The van der Waals surface area contributed by atoms with Crippen LogP contribution in [0.5, 0.6) is 0 Å². The Balaban J connectivity index is 1.73. The molecule has 114 valence electrons. The molecule has 0 aromatic heterocycles. The monoisotopic (exact) mass is 291 g/mol. The Morgan fingerprint density at radius 2 is 1.95 bits per heavy atom. The molecule has 1 saturated heterocycles. The first kappa shape index (κ1) is 14.5. The minimum atomic E-state index is -0.480. The van der Waals surface area contributed by atoms with E-state index in [1.54, 1.807) is 12.1 Å². The highest BCUT2D eigenvalue weighted by molar-refractivity contribution is 5.88. The van der Waals surface area contributed by atoms with E-state index in [4.69, 9.17) is 4.74 Å². The van der Waals surface area contributed by atoms with Crippen LogP contribution in [0.3, 0.4) is 0 Å². The molecule has 2 fully saturated rings. The van der Waals surface area contributed by atoms with E-state index in [0.717, 1.165) is 50.7 Å². The topological polar surface area (TPSA) is 38.3 Å². The predicted octanol–water partition coefficient (Wildman–Crippen LogP) is 2.93. The molecule has 1 aromatic rings. The summed E-state index contributed by atoms with van der Waals surface area (Å²) < 4.78 is 18.7. The predicted molar refractivity (Wildman–Crippen MR) is 78.5 cm³/mol. The fourth-order valence-electron chi connectivity index (χ4n) is 3.58. The normalized spacial score (nSPS) is 24.1. The van der Waals surface area contributed by atoms with Gasteiger partial charge in [-0.2, -0.15) is 0 Å². The van der Waals surface area contributed by atoms with Crippen molar-refractivity contribution in [3.63, 3.8) is 0 Å². The molecular weight excluding hydrogens is 269 g/mol. The summed E-state index contributed by atoms with van der Waals surface area (Å²) in [6.45, 7) is 1.38. The zero-order valence-electron chi connectivity index (χ0n) is 12.2. The first-order valence-corrected chi connectivity index (χ1v) is 7.87. The SMILES string of the molecule is O=C(NCC1CCCO1)C1(c2ccc(F)cc2)CCCC1. The molecule has 4 heteroatoms. The van der Waals surface area contributed by atoms with Crippen LogP contribution in [-0.4, -0.2) is 25.2 Å². The second-order valence-electron chi connectivity index (χ2n) is 6.14. The van der Waals surface area contributed by atoms with Gasteiger partial charge in [0.2, 0.25) is 5.91 Å². The van der Waals surface area contributed by atoms with Crippen LogP contribution in [0.1, 0.15) is 44.1 Å². The molecule has 1 aromatic carbocycles. The highest BCUT2D eigenvalue weighted by Gasteiger charge is 2.42. The zero-order valence-corrected chi connectivity index (χ0v) is 12.2. The number of amides is 1. The molecule has 1 heterocycles. The van der Waals surface area contributed by atoms with Crippen molar-refractivity contribution in [3.05, 3.63) is 35.6 Å². The second kappa shape index (κ2) is 6.14. The van der Waals surface area contributed by atoms with Gasteiger partial charge >= 0.3 is 0 Å². The van der Waals surface area contributed by atoms with Crippen LogP contribution >= 0.6 is 0 Å². The summed E-state index contributed by atoms with van der Waals surface area (Å²) in [4.78, 5) is 12.7. The minimum absolute atomic E-state index is 0.0714. The number of rotatable bonds is 4. The van der Waals surface area contributed by atoms with Crippen molar-refractivity contribution < 1.29 is 13.9 Å². The molecule has 1 atom stereocenters. The van der Waals surface area contributed by atoms with Gasteiger partial charge in [0.25, 0.3) is 0 Å². The molecular formula is C17H22FNO2. The number of carbonyl (C=O) groups excluding carboxylic acids is 1. The number of ether oxygens (including phenoxy) is 1. The van der Waals surface area contributed by atoms with Gasteiger partial charge in [-0.1, -0.05) is 25.0 Å². The lowest BCUT2D eigenvalue weighted by atomic mass is 9.78. The summed E-state index contributed by atoms with van der Waals surface area (Å²) in [7, 11) is 0. The first-order valence-electron chi connectivity index (χ1n) is 7.87. The van der Waals surface area contributed by atoms with Gasteiger partial charge in [0.05, 0.1) is 11.5 Å². The third kappa shape index (κ3) is 2.95. The first-order chi connectivity index (χ1) is 10.2. The Labute approximate surface area is 124 Å². The molecule has 2 aliphatic rings. The van der Waals surface area contributed by atoms with Crippen LogP contribution < -0.4 is 5.32 Å². The van der Waals surface area contributed by atoms with Crippen LogP contribution in [-0.2, 0) is 14.9 Å². The smallest absolute Gasteiger partial charge is 0.230 e. The van der Waals surface area contributed by atoms with Gasteiger partial charge in [0, 0.05) is 13.2 Å². The molecule has 3 rings (SSSR count). The fourth-order valence-corrected chi connectivity index (χ4v) is 3.58. The van der Waals surface area contributed by atoms with Gasteiger partial charge < -0.3 is 10.1 Å². The fraction of sp³-hybridized carbons (Fsp3) is 0.588.